The van der Waals surface area contributed by atoms with E-state index in [9.17, 15) is 4.79 Å². The Balaban J connectivity index is 1.69. The van der Waals surface area contributed by atoms with Crippen molar-refractivity contribution in [2.45, 2.75) is 32.8 Å². The number of hydrogen-bond acceptors (Lipinski definition) is 3. The van der Waals surface area contributed by atoms with Crippen LogP contribution in [0.25, 0.3) is 0 Å². The quantitative estimate of drug-likeness (QED) is 0.714. The van der Waals surface area contributed by atoms with Gasteiger partial charge in [0, 0.05) is 25.0 Å². The van der Waals surface area contributed by atoms with Crippen LogP contribution in [0.5, 0.6) is 0 Å². The second kappa shape index (κ2) is 7.85. The van der Waals surface area contributed by atoms with E-state index in [4.69, 9.17) is 9.47 Å². The maximum absolute atomic E-state index is 11.9. The van der Waals surface area contributed by atoms with Gasteiger partial charge >= 0.3 is 0 Å². The second-order valence-electron chi connectivity index (χ2n) is 5.01. The molecule has 20 heavy (non-hydrogen) atoms. The lowest BCUT2D eigenvalue weighted by atomic mass is 9.89. The number of carbonyl (C=O) groups is 1. The van der Waals surface area contributed by atoms with Crippen molar-refractivity contribution >= 4 is 5.78 Å². The normalized spacial score (nSPS) is 18.8. The molecule has 1 aliphatic rings. The molecule has 0 amide bonds. The summed E-state index contributed by atoms with van der Waals surface area (Å²) in [6.07, 6.45) is 4.19. The SMILES string of the molecule is CCOC1=CC(=O)[C@@H](CCOCc2ccccc2)CC1. The first kappa shape index (κ1) is 14.8. The van der Waals surface area contributed by atoms with Crippen LogP contribution >= 0.6 is 0 Å². The number of benzene rings is 1. The molecule has 0 saturated heterocycles. The number of hydrogen-bond donors (Lipinski definition) is 0. The minimum absolute atomic E-state index is 0.0926. The zero-order valence-electron chi connectivity index (χ0n) is 12.0. The molecule has 0 bridgehead atoms. The Kier molecular flexibility index (Phi) is 5.81. The Hall–Kier alpha value is -1.61. The smallest absolute Gasteiger partial charge is 0.162 e. The number of rotatable bonds is 7. The van der Waals surface area contributed by atoms with Gasteiger partial charge in [-0.1, -0.05) is 30.3 Å². The maximum Gasteiger partial charge on any atom is 0.162 e. The van der Waals surface area contributed by atoms with Gasteiger partial charge in [-0.2, -0.15) is 0 Å². The largest absolute Gasteiger partial charge is 0.498 e. The van der Waals surface area contributed by atoms with Crippen molar-refractivity contribution in [3.05, 3.63) is 47.7 Å². The monoisotopic (exact) mass is 274 g/mol. The summed E-state index contributed by atoms with van der Waals surface area (Å²) in [6.45, 7) is 3.81. The third-order valence-corrected chi connectivity index (χ3v) is 3.50. The van der Waals surface area contributed by atoms with Gasteiger partial charge in [0.2, 0.25) is 0 Å². The average molecular weight is 274 g/mol. The van der Waals surface area contributed by atoms with Crippen LogP contribution in [0.3, 0.4) is 0 Å². The van der Waals surface area contributed by atoms with Crippen LogP contribution in [0.1, 0.15) is 31.7 Å². The summed E-state index contributed by atoms with van der Waals surface area (Å²) in [4.78, 5) is 11.9. The lowest BCUT2D eigenvalue weighted by Crippen LogP contribution is -2.20. The molecule has 3 heteroatoms. The molecule has 1 aliphatic carbocycles. The fourth-order valence-electron chi connectivity index (χ4n) is 2.38. The zero-order valence-corrected chi connectivity index (χ0v) is 12.0. The number of ketones is 1. The van der Waals surface area contributed by atoms with Gasteiger partial charge in [-0.3, -0.25) is 4.79 Å². The highest BCUT2D eigenvalue weighted by atomic mass is 16.5. The highest BCUT2D eigenvalue weighted by Gasteiger charge is 2.22. The van der Waals surface area contributed by atoms with Crippen molar-refractivity contribution in [3.63, 3.8) is 0 Å². The molecular formula is C17H22O3. The third kappa shape index (κ3) is 4.49. The van der Waals surface area contributed by atoms with Crippen molar-refractivity contribution in [3.8, 4) is 0 Å². The summed E-state index contributed by atoms with van der Waals surface area (Å²) in [5, 5.41) is 0. The number of carbonyl (C=O) groups excluding carboxylic acids is 1. The van der Waals surface area contributed by atoms with Gasteiger partial charge in [-0.05, 0) is 25.3 Å². The molecule has 1 atom stereocenters. The Morgan fingerprint density at radius 1 is 1.25 bits per heavy atom. The Labute approximate surface area is 120 Å². The summed E-state index contributed by atoms with van der Waals surface area (Å²) in [5.74, 6) is 1.11. The standard InChI is InChI=1S/C17H22O3/c1-2-20-16-9-8-15(17(18)12-16)10-11-19-13-14-6-4-3-5-7-14/h3-7,12,15H,2,8-11,13H2,1H3/t15-/m1/s1. The zero-order chi connectivity index (χ0) is 14.2. The molecule has 0 N–H and O–H groups in total. The molecule has 0 aromatic heterocycles. The molecule has 0 unspecified atom stereocenters. The number of ether oxygens (including phenoxy) is 2. The lowest BCUT2D eigenvalue weighted by Gasteiger charge is -2.20. The van der Waals surface area contributed by atoms with Crippen LogP contribution in [-0.2, 0) is 20.9 Å². The predicted octanol–water partition coefficient (Wildman–Crippen LogP) is 3.49. The first-order valence-electron chi connectivity index (χ1n) is 7.28. The summed E-state index contributed by atoms with van der Waals surface area (Å²) in [6, 6.07) is 10.1. The first-order chi connectivity index (χ1) is 9.79. The molecular weight excluding hydrogens is 252 g/mol. The van der Waals surface area contributed by atoms with E-state index in [0.717, 1.165) is 25.0 Å². The highest BCUT2D eigenvalue weighted by molar-refractivity contribution is 5.92. The van der Waals surface area contributed by atoms with Gasteiger partial charge in [0.15, 0.2) is 5.78 Å². The van der Waals surface area contributed by atoms with Gasteiger partial charge in [-0.15, -0.1) is 0 Å². The van der Waals surface area contributed by atoms with Crippen LogP contribution < -0.4 is 0 Å². The molecule has 0 aliphatic heterocycles. The fourth-order valence-corrected chi connectivity index (χ4v) is 2.38. The molecule has 0 heterocycles. The van der Waals surface area contributed by atoms with E-state index in [1.54, 1.807) is 6.08 Å². The van der Waals surface area contributed by atoms with Crippen molar-refractivity contribution in [1.29, 1.82) is 0 Å². The first-order valence-corrected chi connectivity index (χ1v) is 7.28. The van der Waals surface area contributed by atoms with Crippen LogP contribution in [0.4, 0.5) is 0 Å². The van der Waals surface area contributed by atoms with Crippen molar-refractivity contribution in [2.24, 2.45) is 5.92 Å². The fraction of sp³-hybridized carbons (Fsp3) is 0.471. The van der Waals surface area contributed by atoms with Crippen LogP contribution in [-0.4, -0.2) is 19.0 Å². The van der Waals surface area contributed by atoms with E-state index in [0.29, 0.717) is 19.8 Å². The molecule has 1 aromatic rings. The minimum atomic E-state index is 0.0926. The van der Waals surface area contributed by atoms with E-state index in [-0.39, 0.29) is 11.7 Å². The molecule has 0 fully saturated rings. The summed E-state index contributed by atoms with van der Waals surface area (Å²) in [7, 11) is 0. The molecule has 0 radical (unpaired) electrons. The van der Waals surface area contributed by atoms with Gasteiger partial charge in [-0.25, -0.2) is 0 Å². The van der Waals surface area contributed by atoms with Gasteiger partial charge in [0.05, 0.1) is 19.0 Å². The Bertz CT molecular complexity index is 451. The van der Waals surface area contributed by atoms with Crippen LogP contribution in [0.15, 0.2) is 42.2 Å². The molecule has 108 valence electrons. The minimum Gasteiger partial charge on any atom is -0.498 e. The van der Waals surface area contributed by atoms with Gasteiger partial charge in [0.25, 0.3) is 0 Å². The van der Waals surface area contributed by atoms with E-state index >= 15 is 0 Å². The van der Waals surface area contributed by atoms with E-state index in [1.165, 1.54) is 5.56 Å². The topological polar surface area (TPSA) is 35.5 Å². The van der Waals surface area contributed by atoms with Gasteiger partial charge in [0.1, 0.15) is 0 Å². The third-order valence-electron chi connectivity index (χ3n) is 3.50. The second-order valence-corrected chi connectivity index (χ2v) is 5.01. The van der Waals surface area contributed by atoms with E-state index in [1.807, 2.05) is 37.3 Å². The molecule has 3 nitrogen and oxygen atoms in total. The summed E-state index contributed by atoms with van der Waals surface area (Å²) < 4.78 is 11.0. The summed E-state index contributed by atoms with van der Waals surface area (Å²) >= 11 is 0. The molecule has 2 rings (SSSR count). The lowest BCUT2D eigenvalue weighted by molar-refractivity contribution is -0.119. The van der Waals surface area contributed by atoms with Crippen LogP contribution in [0, 0.1) is 5.92 Å². The van der Waals surface area contributed by atoms with Crippen molar-refractivity contribution in [2.75, 3.05) is 13.2 Å². The maximum atomic E-state index is 11.9. The van der Waals surface area contributed by atoms with Crippen molar-refractivity contribution in [1.82, 2.24) is 0 Å². The predicted molar refractivity (Wildman–Crippen MR) is 78.2 cm³/mol. The average Bonchev–Trinajstić information content (AvgIpc) is 2.47. The molecule has 1 aromatic carbocycles. The van der Waals surface area contributed by atoms with E-state index < -0.39 is 0 Å². The van der Waals surface area contributed by atoms with Crippen molar-refractivity contribution < 1.29 is 14.3 Å². The van der Waals surface area contributed by atoms with Crippen LogP contribution in [0.2, 0.25) is 0 Å². The van der Waals surface area contributed by atoms with Gasteiger partial charge < -0.3 is 9.47 Å². The summed E-state index contributed by atoms with van der Waals surface area (Å²) in [5.41, 5.74) is 1.17. The van der Waals surface area contributed by atoms with E-state index in [2.05, 4.69) is 0 Å². The number of allylic oxidation sites excluding steroid dienone is 2. The molecule has 0 spiro atoms. The highest BCUT2D eigenvalue weighted by Crippen LogP contribution is 2.24. The molecule has 0 saturated carbocycles. The Morgan fingerprint density at radius 2 is 2.05 bits per heavy atom. The Morgan fingerprint density at radius 3 is 2.75 bits per heavy atom.